The Morgan fingerprint density at radius 3 is 2.40 bits per heavy atom. The van der Waals surface area contributed by atoms with Crippen molar-refractivity contribution in [3.8, 4) is 5.75 Å². The zero-order valence-electron chi connectivity index (χ0n) is 12.7. The molecular weight excluding hydrogens is 270 g/mol. The third kappa shape index (κ3) is 2.80. The molecule has 1 aromatic carbocycles. The van der Waals surface area contributed by atoms with E-state index >= 15 is 0 Å². The van der Waals surface area contributed by atoms with Crippen molar-refractivity contribution in [1.29, 1.82) is 0 Å². The third-order valence-corrected chi connectivity index (χ3v) is 4.24. The van der Waals surface area contributed by atoms with Crippen molar-refractivity contribution in [3.63, 3.8) is 0 Å². The summed E-state index contributed by atoms with van der Waals surface area (Å²) in [6.07, 6.45) is 2.11. The number of pyridine rings is 1. The maximum absolute atomic E-state index is 6.36. The second kappa shape index (κ2) is 5.84. The van der Waals surface area contributed by atoms with Crippen LogP contribution in [0.2, 0.25) is 5.15 Å². The van der Waals surface area contributed by atoms with Crippen LogP contribution < -0.4 is 9.30 Å². The number of ether oxygens (including phenoxy) is 1. The van der Waals surface area contributed by atoms with E-state index < -0.39 is 0 Å². The fraction of sp³-hybridized carbons (Fsp3) is 0.353. The average molecular weight is 291 g/mol. The number of benzene rings is 1. The fourth-order valence-corrected chi connectivity index (χ4v) is 2.67. The van der Waals surface area contributed by atoms with Gasteiger partial charge in [0.1, 0.15) is 5.75 Å². The highest BCUT2D eigenvalue weighted by Crippen LogP contribution is 2.24. The Morgan fingerprint density at radius 2 is 1.75 bits per heavy atom. The van der Waals surface area contributed by atoms with Gasteiger partial charge in [-0.15, -0.1) is 0 Å². The highest BCUT2D eigenvalue weighted by molar-refractivity contribution is 6.28. The van der Waals surface area contributed by atoms with Gasteiger partial charge in [0.25, 0.3) is 5.15 Å². The molecule has 0 bridgehead atoms. The summed E-state index contributed by atoms with van der Waals surface area (Å²) in [4.78, 5) is 0. The first kappa shape index (κ1) is 14.9. The van der Waals surface area contributed by atoms with Gasteiger partial charge in [0.15, 0.2) is 12.7 Å². The summed E-state index contributed by atoms with van der Waals surface area (Å²) in [5.74, 6) is 0.922. The molecule has 3 heteroatoms. The summed E-state index contributed by atoms with van der Waals surface area (Å²) in [6, 6.07) is 6.12. The standard InChI is InChI=1S/C17H21ClNO/c1-11-6-7-16(20-5)14(4)15(11)10-19-9-13(3)12(2)8-17(19)18/h6-9H,10H2,1-5H3/q+1. The highest BCUT2D eigenvalue weighted by Gasteiger charge is 2.16. The number of aryl methyl sites for hydroxylation is 3. The van der Waals surface area contributed by atoms with Crippen molar-refractivity contribution >= 4 is 11.6 Å². The number of rotatable bonds is 3. The van der Waals surface area contributed by atoms with Crippen LogP contribution in [0.4, 0.5) is 0 Å². The Labute approximate surface area is 126 Å². The number of halogens is 1. The lowest BCUT2D eigenvalue weighted by Gasteiger charge is -2.12. The van der Waals surface area contributed by atoms with Crippen LogP contribution in [-0.2, 0) is 6.54 Å². The fourth-order valence-electron chi connectivity index (χ4n) is 2.40. The number of hydrogen-bond acceptors (Lipinski definition) is 1. The van der Waals surface area contributed by atoms with E-state index in [2.05, 4.69) is 44.5 Å². The largest absolute Gasteiger partial charge is 0.496 e. The summed E-state index contributed by atoms with van der Waals surface area (Å²) >= 11 is 6.36. The Morgan fingerprint density at radius 1 is 1.05 bits per heavy atom. The Kier molecular flexibility index (Phi) is 4.34. The van der Waals surface area contributed by atoms with Crippen molar-refractivity contribution in [1.82, 2.24) is 0 Å². The lowest BCUT2D eigenvalue weighted by atomic mass is 10.0. The number of nitrogens with zero attached hydrogens (tertiary/aromatic N) is 1. The minimum absolute atomic E-state index is 0.759. The summed E-state index contributed by atoms with van der Waals surface area (Å²) in [7, 11) is 1.71. The molecule has 0 N–H and O–H groups in total. The number of methoxy groups -OCH3 is 1. The minimum atomic E-state index is 0.759. The Balaban J connectivity index is 2.47. The monoisotopic (exact) mass is 290 g/mol. The van der Waals surface area contributed by atoms with Gasteiger partial charge in [0.2, 0.25) is 0 Å². The summed E-state index contributed by atoms with van der Waals surface area (Å²) in [6.45, 7) is 9.16. The summed E-state index contributed by atoms with van der Waals surface area (Å²) < 4.78 is 7.49. The zero-order valence-corrected chi connectivity index (χ0v) is 13.5. The predicted octanol–water partition coefficient (Wildman–Crippen LogP) is 3.92. The van der Waals surface area contributed by atoms with Crippen molar-refractivity contribution in [2.24, 2.45) is 0 Å². The van der Waals surface area contributed by atoms with E-state index in [1.165, 1.54) is 27.8 Å². The topological polar surface area (TPSA) is 13.1 Å². The molecular formula is C17H21ClNO+. The molecule has 0 aliphatic carbocycles. The number of aromatic nitrogens is 1. The van der Waals surface area contributed by atoms with Gasteiger partial charge in [0, 0.05) is 22.8 Å². The molecule has 0 atom stereocenters. The minimum Gasteiger partial charge on any atom is -0.496 e. The maximum Gasteiger partial charge on any atom is 0.275 e. The van der Waals surface area contributed by atoms with Crippen LogP contribution in [0.15, 0.2) is 24.4 Å². The molecule has 0 saturated carbocycles. The van der Waals surface area contributed by atoms with Crippen LogP contribution in [0, 0.1) is 27.7 Å². The van der Waals surface area contributed by atoms with E-state index in [0.717, 1.165) is 17.4 Å². The normalized spacial score (nSPS) is 10.7. The Hall–Kier alpha value is -1.54. The van der Waals surface area contributed by atoms with Gasteiger partial charge in [0.05, 0.1) is 7.11 Å². The van der Waals surface area contributed by atoms with Gasteiger partial charge >= 0.3 is 0 Å². The molecule has 0 amide bonds. The molecule has 0 spiro atoms. The first-order chi connectivity index (χ1) is 9.43. The zero-order chi connectivity index (χ0) is 14.9. The first-order valence-electron chi connectivity index (χ1n) is 6.73. The van der Waals surface area contributed by atoms with E-state index in [0.29, 0.717) is 0 Å². The SMILES string of the molecule is COc1ccc(C)c(C[n+]2cc(C)c(C)cc2Cl)c1C. The van der Waals surface area contributed by atoms with Crippen LogP contribution >= 0.6 is 11.6 Å². The van der Waals surface area contributed by atoms with Gasteiger partial charge in [-0.05, 0) is 56.5 Å². The summed E-state index contributed by atoms with van der Waals surface area (Å²) in [5, 5.41) is 0.759. The molecule has 106 valence electrons. The molecule has 0 aliphatic heterocycles. The number of hydrogen-bond donors (Lipinski definition) is 0. The van der Waals surface area contributed by atoms with Crippen LogP contribution in [-0.4, -0.2) is 7.11 Å². The van der Waals surface area contributed by atoms with E-state index in [-0.39, 0.29) is 0 Å². The molecule has 0 radical (unpaired) electrons. The van der Waals surface area contributed by atoms with Crippen molar-refractivity contribution in [2.45, 2.75) is 34.2 Å². The quantitative estimate of drug-likeness (QED) is 0.617. The average Bonchev–Trinajstić information content (AvgIpc) is 2.40. The van der Waals surface area contributed by atoms with Gasteiger partial charge in [-0.2, -0.15) is 4.57 Å². The second-order valence-electron chi connectivity index (χ2n) is 5.28. The van der Waals surface area contributed by atoms with E-state index in [1.54, 1.807) is 7.11 Å². The van der Waals surface area contributed by atoms with Crippen LogP contribution in [0.3, 0.4) is 0 Å². The van der Waals surface area contributed by atoms with Crippen LogP contribution in [0.25, 0.3) is 0 Å². The molecule has 1 aromatic heterocycles. The molecule has 0 fully saturated rings. The van der Waals surface area contributed by atoms with Gasteiger partial charge in [-0.1, -0.05) is 6.07 Å². The second-order valence-corrected chi connectivity index (χ2v) is 5.67. The predicted molar refractivity (Wildman–Crippen MR) is 82.7 cm³/mol. The van der Waals surface area contributed by atoms with Crippen LogP contribution in [0.1, 0.15) is 27.8 Å². The molecule has 0 aliphatic rings. The smallest absolute Gasteiger partial charge is 0.275 e. The lowest BCUT2D eigenvalue weighted by molar-refractivity contribution is -0.686. The maximum atomic E-state index is 6.36. The lowest BCUT2D eigenvalue weighted by Crippen LogP contribution is -2.36. The van der Waals surface area contributed by atoms with E-state index in [4.69, 9.17) is 16.3 Å². The summed E-state index contributed by atoms with van der Waals surface area (Å²) in [5.41, 5.74) is 6.15. The van der Waals surface area contributed by atoms with Crippen LogP contribution in [0.5, 0.6) is 5.75 Å². The molecule has 2 aromatic rings. The van der Waals surface area contributed by atoms with Gasteiger partial charge in [-0.3, -0.25) is 0 Å². The molecule has 0 saturated heterocycles. The molecule has 20 heavy (non-hydrogen) atoms. The van der Waals surface area contributed by atoms with Crippen molar-refractivity contribution in [2.75, 3.05) is 7.11 Å². The van der Waals surface area contributed by atoms with Gasteiger partial charge in [-0.25, -0.2) is 0 Å². The van der Waals surface area contributed by atoms with Crippen molar-refractivity contribution in [3.05, 3.63) is 57.4 Å². The third-order valence-electron chi connectivity index (χ3n) is 3.91. The first-order valence-corrected chi connectivity index (χ1v) is 7.11. The van der Waals surface area contributed by atoms with E-state index in [1.807, 2.05) is 12.1 Å². The molecule has 1 heterocycles. The highest BCUT2D eigenvalue weighted by atomic mass is 35.5. The van der Waals surface area contributed by atoms with E-state index in [9.17, 15) is 0 Å². The molecule has 2 nitrogen and oxygen atoms in total. The molecule has 0 unspecified atom stereocenters. The molecule has 2 rings (SSSR count). The Bertz CT molecular complexity index is 650. The van der Waals surface area contributed by atoms with Gasteiger partial charge < -0.3 is 4.74 Å². The van der Waals surface area contributed by atoms with Crippen molar-refractivity contribution < 1.29 is 9.30 Å².